The van der Waals surface area contributed by atoms with Crippen molar-refractivity contribution in [3.63, 3.8) is 0 Å². The van der Waals surface area contributed by atoms with E-state index in [1.54, 1.807) is 0 Å². The summed E-state index contributed by atoms with van der Waals surface area (Å²) in [5, 5.41) is 0. The molecule has 5 nitrogen and oxygen atoms in total. The van der Waals surface area contributed by atoms with Crippen LogP contribution in [-0.2, 0) is 4.74 Å². The predicted octanol–water partition coefficient (Wildman–Crippen LogP) is 1.57. The predicted molar refractivity (Wildman–Crippen MR) is 80.8 cm³/mol. The van der Waals surface area contributed by atoms with Gasteiger partial charge in [-0.3, -0.25) is 4.90 Å². The smallest absolute Gasteiger partial charge is 0.161 e. The third kappa shape index (κ3) is 3.31. The Hall–Kier alpha value is -1.30. The zero-order chi connectivity index (χ0) is 14.8. The number of morpholine rings is 1. The van der Waals surface area contributed by atoms with Crippen LogP contribution < -0.4 is 15.2 Å². The SMILES string of the molecule is CC1CN(CC(N)c2ccc3c(c2)OCCO3)C(C)CO1. The van der Waals surface area contributed by atoms with E-state index < -0.39 is 0 Å². The molecule has 0 saturated carbocycles. The monoisotopic (exact) mass is 292 g/mol. The lowest BCUT2D eigenvalue weighted by Gasteiger charge is -2.38. The van der Waals surface area contributed by atoms with Gasteiger partial charge < -0.3 is 19.9 Å². The number of benzene rings is 1. The minimum Gasteiger partial charge on any atom is -0.486 e. The Labute approximate surface area is 126 Å². The molecule has 1 saturated heterocycles. The van der Waals surface area contributed by atoms with Crippen molar-refractivity contribution in [2.45, 2.75) is 32.0 Å². The maximum absolute atomic E-state index is 6.39. The van der Waals surface area contributed by atoms with E-state index in [9.17, 15) is 0 Å². The zero-order valence-corrected chi connectivity index (χ0v) is 12.7. The third-order valence-corrected chi connectivity index (χ3v) is 4.16. The molecule has 0 spiro atoms. The molecule has 3 rings (SSSR count). The highest BCUT2D eigenvalue weighted by atomic mass is 16.6. The highest BCUT2D eigenvalue weighted by Crippen LogP contribution is 2.32. The lowest BCUT2D eigenvalue weighted by Crippen LogP contribution is -2.49. The molecule has 1 fully saturated rings. The summed E-state index contributed by atoms with van der Waals surface area (Å²) >= 11 is 0. The van der Waals surface area contributed by atoms with Crippen LogP contribution >= 0.6 is 0 Å². The standard InChI is InChI=1S/C16H24N2O3/c1-11-10-21-12(2)8-18(11)9-14(17)13-3-4-15-16(7-13)20-6-5-19-15/h3-4,7,11-12,14H,5-6,8-10,17H2,1-2H3. The molecule has 1 aromatic rings. The van der Waals surface area contributed by atoms with Crippen molar-refractivity contribution in [3.05, 3.63) is 23.8 Å². The number of ether oxygens (including phenoxy) is 3. The van der Waals surface area contributed by atoms with Gasteiger partial charge in [-0.05, 0) is 31.5 Å². The second-order valence-electron chi connectivity index (χ2n) is 5.96. The molecule has 3 unspecified atom stereocenters. The Bertz CT molecular complexity index is 494. The highest BCUT2D eigenvalue weighted by Gasteiger charge is 2.25. The van der Waals surface area contributed by atoms with Crippen LogP contribution in [0.2, 0.25) is 0 Å². The molecule has 0 aliphatic carbocycles. The van der Waals surface area contributed by atoms with E-state index in [-0.39, 0.29) is 12.1 Å². The van der Waals surface area contributed by atoms with Crippen molar-refractivity contribution in [1.82, 2.24) is 4.90 Å². The summed E-state index contributed by atoms with van der Waals surface area (Å²) in [7, 11) is 0. The first-order valence-electron chi connectivity index (χ1n) is 7.64. The second-order valence-corrected chi connectivity index (χ2v) is 5.96. The number of nitrogens with zero attached hydrogens (tertiary/aromatic N) is 1. The quantitative estimate of drug-likeness (QED) is 0.916. The van der Waals surface area contributed by atoms with Gasteiger partial charge in [-0.2, -0.15) is 0 Å². The van der Waals surface area contributed by atoms with E-state index in [1.165, 1.54) is 0 Å². The minimum atomic E-state index is -0.0337. The summed E-state index contributed by atoms with van der Waals surface area (Å²) in [6.45, 7) is 8.03. The number of fused-ring (bicyclic) bond motifs is 1. The number of hydrogen-bond acceptors (Lipinski definition) is 5. The van der Waals surface area contributed by atoms with E-state index >= 15 is 0 Å². The lowest BCUT2D eigenvalue weighted by atomic mass is 10.0. The van der Waals surface area contributed by atoms with E-state index in [0.717, 1.165) is 36.8 Å². The largest absolute Gasteiger partial charge is 0.486 e. The summed E-state index contributed by atoms with van der Waals surface area (Å²) < 4.78 is 16.8. The highest BCUT2D eigenvalue weighted by molar-refractivity contribution is 5.44. The van der Waals surface area contributed by atoms with E-state index in [4.69, 9.17) is 19.9 Å². The summed E-state index contributed by atoms with van der Waals surface area (Å²) in [6, 6.07) is 6.37. The fraction of sp³-hybridized carbons (Fsp3) is 0.625. The lowest BCUT2D eigenvalue weighted by molar-refractivity contribution is -0.0510. The molecule has 0 amide bonds. The average molecular weight is 292 g/mol. The Balaban J connectivity index is 1.68. The van der Waals surface area contributed by atoms with Crippen molar-refractivity contribution < 1.29 is 14.2 Å². The van der Waals surface area contributed by atoms with Crippen molar-refractivity contribution in [2.24, 2.45) is 5.73 Å². The molecule has 2 aliphatic heterocycles. The first-order chi connectivity index (χ1) is 10.1. The summed E-state index contributed by atoms with van der Waals surface area (Å²) in [6.07, 6.45) is 0.272. The van der Waals surface area contributed by atoms with Gasteiger partial charge in [0.05, 0.1) is 12.7 Å². The molecule has 3 atom stereocenters. The molecule has 2 aliphatic rings. The number of hydrogen-bond donors (Lipinski definition) is 1. The first kappa shape index (κ1) is 14.6. The van der Waals surface area contributed by atoms with Crippen LogP contribution in [0.25, 0.3) is 0 Å². The van der Waals surface area contributed by atoms with Crippen LogP contribution in [0.1, 0.15) is 25.5 Å². The van der Waals surface area contributed by atoms with Crippen molar-refractivity contribution in [2.75, 3.05) is 32.9 Å². The molecular formula is C16H24N2O3. The van der Waals surface area contributed by atoms with Gasteiger partial charge >= 0.3 is 0 Å². The summed E-state index contributed by atoms with van der Waals surface area (Å²) in [4.78, 5) is 2.40. The maximum Gasteiger partial charge on any atom is 0.161 e. The summed E-state index contributed by atoms with van der Waals surface area (Å²) in [5.41, 5.74) is 7.48. The maximum atomic E-state index is 6.39. The van der Waals surface area contributed by atoms with Gasteiger partial charge in [0.25, 0.3) is 0 Å². The molecule has 0 bridgehead atoms. The minimum absolute atomic E-state index is 0.0337. The fourth-order valence-corrected chi connectivity index (χ4v) is 2.87. The molecule has 2 heterocycles. The van der Waals surface area contributed by atoms with Crippen LogP contribution in [0.5, 0.6) is 11.5 Å². The summed E-state index contributed by atoms with van der Waals surface area (Å²) in [5.74, 6) is 1.61. The van der Waals surface area contributed by atoms with E-state index in [2.05, 4.69) is 18.7 Å². The molecule has 0 aromatic heterocycles. The molecule has 21 heavy (non-hydrogen) atoms. The number of nitrogens with two attached hydrogens (primary N) is 1. The molecular weight excluding hydrogens is 268 g/mol. The average Bonchev–Trinajstić information content (AvgIpc) is 2.50. The van der Waals surface area contributed by atoms with Crippen molar-refractivity contribution in [3.8, 4) is 11.5 Å². The van der Waals surface area contributed by atoms with Gasteiger partial charge in [0.2, 0.25) is 0 Å². The van der Waals surface area contributed by atoms with Gasteiger partial charge in [0, 0.05) is 25.2 Å². The first-order valence-corrected chi connectivity index (χ1v) is 7.64. The van der Waals surface area contributed by atoms with Crippen LogP contribution in [0, 0.1) is 0 Å². The van der Waals surface area contributed by atoms with Crippen molar-refractivity contribution >= 4 is 0 Å². The topological polar surface area (TPSA) is 57.0 Å². The normalized spacial score (nSPS) is 27.4. The molecule has 2 N–H and O–H groups in total. The Morgan fingerprint density at radius 3 is 2.81 bits per heavy atom. The van der Waals surface area contributed by atoms with E-state index in [0.29, 0.717) is 19.3 Å². The van der Waals surface area contributed by atoms with Gasteiger partial charge in [-0.1, -0.05) is 6.07 Å². The van der Waals surface area contributed by atoms with E-state index in [1.807, 2.05) is 18.2 Å². The number of rotatable bonds is 3. The Kier molecular flexibility index (Phi) is 4.33. The Morgan fingerprint density at radius 1 is 1.24 bits per heavy atom. The Morgan fingerprint density at radius 2 is 2.00 bits per heavy atom. The van der Waals surface area contributed by atoms with Gasteiger partial charge in [-0.25, -0.2) is 0 Å². The zero-order valence-electron chi connectivity index (χ0n) is 12.7. The molecule has 0 radical (unpaired) electrons. The molecule has 116 valence electrons. The van der Waals surface area contributed by atoms with Crippen LogP contribution in [0.15, 0.2) is 18.2 Å². The third-order valence-electron chi connectivity index (χ3n) is 4.16. The van der Waals surface area contributed by atoms with Crippen LogP contribution in [0.3, 0.4) is 0 Å². The van der Waals surface area contributed by atoms with Crippen LogP contribution in [-0.4, -0.2) is 50.0 Å². The van der Waals surface area contributed by atoms with Gasteiger partial charge in [0.15, 0.2) is 11.5 Å². The van der Waals surface area contributed by atoms with Crippen LogP contribution in [0.4, 0.5) is 0 Å². The molecule has 5 heteroatoms. The van der Waals surface area contributed by atoms with Gasteiger partial charge in [-0.15, -0.1) is 0 Å². The second kappa shape index (κ2) is 6.22. The molecule has 1 aromatic carbocycles. The fourth-order valence-electron chi connectivity index (χ4n) is 2.87. The van der Waals surface area contributed by atoms with Gasteiger partial charge in [0.1, 0.15) is 13.2 Å². The van der Waals surface area contributed by atoms with Crippen molar-refractivity contribution in [1.29, 1.82) is 0 Å².